The Hall–Kier alpha value is -1.72. The maximum Gasteiger partial charge on any atom is 0.274 e. The number of anilines is 1. The Kier molecular flexibility index (Phi) is 2.52. The molecule has 0 aromatic carbocycles. The fraction of sp³-hybridized carbons (Fsp3) is 0.333. The van der Waals surface area contributed by atoms with Crippen LogP contribution in [0.1, 0.15) is 12.6 Å². The van der Waals surface area contributed by atoms with Crippen molar-refractivity contribution in [3.8, 4) is 0 Å². The average Bonchev–Trinajstić information content (AvgIpc) is 2.07. The first-order valence-electron chi connectivity index (χ1n) is 3.41. The van der Waals surface area contributed by atoms with Crippen LogP contribution in [0.5, 0.6) is 0 Å². The van der Waals surface area contributed by atoms with Crippen LogP contribution in [-0.2, 0) is 0 Å². The molecule has 0 radical (unpaired) electrons. The van der Waals surface area contributed by atoms with Crippen LogP contribution in [0.2, 0.25) is 0 Å². The highest BCUT2D eigenvalue weighted by Crippen LogP contribution is 1.88. The second kappa shape index (κ2) is 3.61. The number of aromatic nitrogens is 3. The van der Waals surface area contributed by atoms with Gasteiger partial charge in [0.15, 0.2) is 0 Å². The molecule has 0 saturated heterocycles. The van der Waals surface area contributed by atoms with E-state index in [1.807, 2.05) is 0 Å². The minimum Gasteiger partial charge on any atom is -0.288 e. The molecule has 6 heteroatoms. The quantitative estimate of drug-likeness (QED) is 0.475. The fourth-order valence-electron chi connectivity index (χ4n) is 0.569. The van der Waals surface area contributed by atoms with Gasteiger partial charge in [0.05, 0.1) is 0 Å². The summed E-state index contributed by atoms with van der Waals surface area (Å²) in [5.41, 5.74) is 2.57. The van der Waals surface area contributed by atoms with E-state index in [9.17, 15) is 4.79 Å². The van der Waals surface area contributed by atoms with Crippen molar-refractivity contribution in [3.05, 3.63) is 16.0 Å². The molecule has 1 rings (SSSR count). The highest BCUT2D eigenvalue weighted by Gasteiger charge is 1.96. The minimum atomic E-state index is -0.265. The largest absolute Gasteiger partial charge is 0.288 e. The SMILES string of the molecule is CC=NNc1nnc(C)c(=O)[nH]1. The van der Waals surface area contributed by atoms with Crippen LogP contribution in [-0.4, -0.2) is 21.4 Å². The number of aromatic amines is 1. The molecule has 0 saturated carbocycles. The van der Waals surface area contributed by atoms with Gasteiger partial charge in [-0.05, 0) is 13.8 Å². The van der Waals surface area contributed by atoms with E-state index < -0.39 is 0 Å². The third-order valence-corrected chi connectivity index (χ3v) is 1.16. The van der Waals surface area contributed by atoms with Gasteiger partial charge in [0.2, 0.25) is 5.95 Å². The third-order valence-electron chi connectivity index (χ3n) is 1.16. The van der Waals surface area contributed by atoms with Gasteiger partial charge in [-0.3, -0.25) is 9.78 Å². The van der Waals surface area contributed by atoms with Crippen LogP contribution in [0.25, 0.3) is 0 Å². The minimum absolute atomic E-state index is 0.240. The monoisotopic (exact) mass is 167 g/mol. The van der Waals surface area contributed by atoms with Crippen LogP contribution in [0.4, 0.5) is 5.95 Å². The van der Waals surface area contributed by atoms with Crippen molar-refractivity contribution in [2.45, 2.75) is 13.8 Å². The molecule has 0 fully saturated rings. The first-order chi connectivity index (χ1) is 5.74. The van der Waals surface area contributed by atoms with Crippen molar-refractivity contribution >= 4 is 12.2 Å². The molecule has 12 heavy (non-hydrogen) atoms. The molecule has 0 spiro atoms. The first kappa shape index (κ1) is 8.38. The summed E-state index contributed by atoms with van der Waals surface area (Å²) in [4.78, 5) is 13.4. The Morgan fingerprint density at radius 2 is 2.33 bits per heavy atom. The second-order valence-corrected chi connectivity index (χ2v) is 2.09. The standard InChI is InChI=1S/C6H9N5O/c1-3-7-10-6-8-5(12)4(2)9-11-6/h3H,1-2H3,(H2,8,10,11,12). The Labute approximate surface area is 68.7 Å². The number of hydrogen-bond donors (Lipinski definition) is 2. The van der Waals surface area contributed by atoms with E-state index in [0.717, 1.165) is 0 Å². The normalized spacial score (nSPS) is 10.5. The number of hydrazone groups is 1. The predicted octanol–water partition coefficient (Wildman–Crippen LogP) is -0.109. The summed E-state index contributed by atoms with van der Waals surface area (Å²) in [6, 6.07) is 0. The number of H-pyrrole nitrogens is 1. The molecule has 2 N–H and O–H groups in total. The number of nitrogens with zero attached hydrogens (tertiary/aromatic N) is 3. The van der Waals surface area contributed by atoms with Crippen molar-refractivity contribution in [1.29, 1.82) is 0 Å². The summed E-state index contributed by atoms with van der Waals surface area (Å²) in [5, 5.41) is 10.9. The molecular formula is C6H9N5O. The molecule has 1 heterocycles. The van der Waals surface area contributed by atoms with Gasteiger partial charge in [-0.25, -0.2) is 5.43 Å². The number of hydrogen-bond acceptors (Lipinski definition) is 5. The van der Waals surface area contributed by atoms with Crippen LogP contribution in [0, 0.1) is 6.92 Å². The van der Waals surface area contributed by atoms with Crippen molar-refractivity contribution in [3.63, 3.8) is 0 Å². The van der Waals surface area contributed by atoms with Gasteiger partial charge in [0.1, 0.15) is 5.69 Å². The molecule has 1 aromatic heterocycles. The Morgan fingerprint density at radius 1 is 1.58 bits per heavy atom. The highest BCUT2D eigenvalue weighted by atomic mass is 16.1. The Morgan fingerprint density at radius 3 is 2.92 bits per heavy atom. The average molecular weight is 167 g/mol. The van der Waals surface area contributed by atoms with Crippen LogP contribution in [0.15, 0.2) is 9.90 Å². The summed E-state index contributed by atoms with van der Waals surface area (Å²) in [6.07, 6.45) is 1.54. The molecule has 0 amide bonds. The van der Waals surface area contributed by atoms with E-state index >= 15 is 0 Å². The molecule has 1 aromatic rings. The Balaban J connectivity index is 2.90. The molecule has 0 aliphatic carbocycles. The van der Waals surface area contributed by atoms with E-state index in [1.165, 1.54) is 0 Å². The number of nitrogens with one attached hydrogen (secondary N) is 2. The smallest absolute Gasteiger partial charge is 0.274 e. The van der Waals surface area contributed by atoms with Crippen LogP contribution in [0.3, 0.4) is 0 Å². The summed E-state index contributed by atoms with van der Waals surface area (Å²) in [5.74, 6) is 0.240. The van der Waals surface area contributed by atoms with Crippen LogP contribution >= 0.6 is 0 Å². The summed E-state index contributed by atoms with van der Waals surface area (Å²) in [6.45, 7) is 3.32. The lowest BCUT2D eigenvalue weighted by atomic mass is 10.5. The molecule has 0 unspecified atom stereocenters. The highest BCUT2D eigenvalue weighted by molar-refractivity contribution is 5.54. The molecule has 6 nitrogen and oxygen atoms in total. The van der Waals surface area contributed by atoms with Crippen LogP contribution < -0.4 is 11.0 Å². The van der Waals surface area contributed by atoms with Crippen molar-refractivity contribution in [1.82, 2.24) is 15.2 Å². The van der Waals surface area contributed by atoms with Gasteiger partial charge < -0.3 is 0 Å². The fourth-order valence-corrected chi connectivity index (χ4v) is 0.569. The maximum absolute atomic E-state index is 11.0. The maximum atomic E-state index is 11.0. The zero-order valence-electron chi connectivity index (χ0n) is 6.83. The van der Waals surface area contributed by atoms with Crippen molar-refractivity contribution in [2.75, 3.05) is 5.43 Å². The molecule has 0 aliphatic heterocycles. The topological polar surface area (TPSA) is 83.0 Å². The van der Waals surface area contributed by atoms with Gasteiger partial charge in [-0.1, -0.05) is 0 Å². The van der Waals surface area contributed by atoms with E-state index in [0.29, 0.717) is 5.69 Å². The van der Waals surface area contributed by atoms with E-state index in [2.05, 4.69) is 25.7 Å². The summed E-state index contributed by atoms with van der Waals surface area (Å²) < 4.78 is 0. The zero-order chi connectivity index (χ0) is 8.97. The predicted molar refractivity (Wildman–Crippen MR) is 45.2 cm³/mol. The van der Waals surface area contributed by atoms with Gasteiger partial charge >= 0.3 is 0 Å². The first-order valence-corrected chi connectivity index (χ1v) is 3.41. The van der Waals surface area contributed by atoms with Gasteiger partial charge in [0, 0.05) is 6.21 Å². The van der Waals surface area contributed by atoms with E-state index in [1.54, 1.807) is 20.1 Å². The summed E-state index contributed by atoms with van der Waals surface area (Å²) in [7, 11) is 0. The molecule has 64 valence electrons. The zero-order valence-corrected chi connectivity index (χ0v) is 6.83. The number of aryl methyl sites for hydroxylation is 1. The second-order valence-electron chi connectivity index (χ2n) is 2.09. The van der Waals surface area contributed by atoms with Crippen molar-refractivity contribution in [2.24, 2.45) is 5.10 Å². The van der Waals surface area contributed by atoms with Gasteiger partial charge in [-0.15, -0.1) is 10.2 Å². The van der Waals surface area contributed by atoms with Gasteiger partial charge in [0.25, 0.3) is 5.56 Å². The van der Waals surface area contributed by atoms with Crippen molar-refractivity contribution < 1.29 is 0 Å². The molecule has 0 atom stereocenters. The molecule has 0 bridgehead atoms. The third kappa shape index (κ3) is 1.88. The lowest BCUT2D eigenvalue weighted by Crippen LogP contribution is -2.15. The summed E-state index contributed by atoms with van der Waals surface area (Å²) >= 11 is 0. The van der Waals surface area contributed by atoms with Gasteiger partial charge in [-0.2, -0.15) is 5.10 Å². The lowest BCUT2D eigenvalue weighted by Gasteiger charge is -1.96. The molecular weight excluding hydrogens is 158 g/mol. The lowest BCUT2D eigenvalue weighted by molar-refractivity contribution is 0.897. The van der Waals surface area contributed by atoms with E-state index in [-0.39, 0.29) is 11.5 Å². The molecule has 0 aliphatic rings. The number of rotatable bonds is 2. The van der Waals surface area contributed by atoms with E-state index in [4.69, 9.17) is 0 Å². The Bertz CT molecular complexity index is 342.